The lowest BCUT2D eigenvalue weighted by atomic mass is 9.98. The lowest BCUT2D eigenvalue weighted by Gasteiger charge is -2.41. The normalized spacial score (nSPS) is 20.7. The second kappa shape index (κ2) is 14.7. The molecule has 0 radical (unpaired) electrons. The Kier molecular flexibility index (Phi) is 10.6. The van der Waals surface area contributed by atoms with E-state index < -0.39 is 29.8 Å². The average Bonchev–Trinajstić information content (AvgIpc) is 3.54. The highest BCUT2D eigenvalue weighted by Crippen LogP contribution is 2.40. The van der Waals surface area contributed by atoms with Crippen LogP contribution in [0, 0.1) is 0 Å². The fourth-order valence-corrected chi connectivity index (χ4v) is 8.57. The van der Waals surface area contributed by atoms with Gasteiger partial charge in [0.2, 0.25) is 0 Å². The van der Waals surface area contributed by atoms with E-state index in [2.05, 4.69) is 15.5 Å². The molecule has 4 amide bonds. The predicted molar refractivity (Wildman–Crippen MR) is 178 cm³/mol. The number of halogens is 4. The molecule has 15 heteroatoms. The van der Waals surface area contributed by atoms with E-state index in [4.69, 9.17) is 16.3 Å². The van der Waals surface area contributed by atoms with Gasteiger partial charge >= 0.3 is 18.3 Å². The van der Waals surface area contributed by atoms with E-state index in [9.17, 15) is 27.6 Å². The van der Waals surface area contributed by atoms with Crippen LogP contribution in [0.1, 0.15) is 61.6 Å². The zero-order valence-electron chi connectivity index (χ0n) is 27.0. The van der Waals surface area contributed by atoms with Gasteiger partial charge in [-0.15, -0.1) is 11.3 Å². The third kappa shape index (κ3) is 7.65. The quantitative estimate of drug-likeness (QED) is 0.341. The van der Waals surface area contributed by atoms with Gasteiger partial charge in [-0.1, -0.05) is 18.0 Å². The number of nitrogens with one attached hydrogen (secondary N) is 2. The molecule has 0 bridgehead atoms. The van der Waals surface area contributed by atoms with Crippen LogP contribution >= 0.6 is 22.9 Å². The van der Waals surface area contributed by atoms with E-state index in [1.165, 1.54) is 48.6 Å². The minimum Gasteiger partial charge on any atom is -0.436 e. The van der Waals surface area contributed by atoms with Crippen LogP contribution in [0.4, 0.5) is 33.4 Å². The van der Waals surface area contributed by atoms with Crippen molar-refractivity contribution >= 4 is 51.7 Å². The maximum Gasteiger partial charge on any atom is 0.418 e. The van der Waals surface area contributed by atoms with Gasteiger partial charge in [-0.05, 0) is 80.8 Å². The molecule has 262 valence electrons. The minimum atomic E-state index is -4.69. The Bertz CT molecular complexity index is 1490. The number of alkyl halides is 3. The fraction of sp³-hybridized carbons (Fsp3) is 0.606. The zero-order chi connectivity index (χ0) is 34.0. The van der Waals surface area contributed by atoms with Gasteiger partial charge in [0.1, 0.15) is 5.00 Å². The summed E-state index contributed by atoms with van der Waals surface area (Å²) in [5.74, 6) is -0.422. The van der Waals surface area contributed by atoms with Crippen molar-refractivity contribution in [2.45, 2.75) is 82.3 Å². The molecule has 0 unspecified atom stereocenters. The standard InChI is InChI=1S/C33H42ClF3N6O4S/c1-38-28-25(33(35,36)37)17-21(18-26(28)34)19-27(30(44)41-12-5-23(6-13-41)40-10-3-2-4-11-40)47-32(46)42-14-7-24(8-15-42)43-20-22-9-16-48-29(22)39-31(43)45/h9,16-18,23-24,27,38H,2-8,10-15,19-20H2,1H3,(H,39,45)/t27-/m1/s1. The first-order chi connectivity index (χ1) is 23.0. The molecule has 10 nitrogen and oxygen atoms in total. The molecule has 1 aromatic carbocycles. The molecule has 1 atom stereocenters. The van der Waals surface area contributed by atoms with Gasteiger partial charge in [-0.3, -0.25) is 10.1 Å². The maximum atomic E-state index is 14.0. The number of ether oxygens (including phenoxy) is 1. The van der Waals surface area contributed by atoms with E-state index in [1.807, 2.05) is 11.4 Å². The van der Waals surface area contributed by atoms with Crippen LogP contribution in [-0.2, 0) is 28.7 Å². The first-order valence-corrected chi connectivity index (χ1v) is 18.0. The van der Waals surface area contributed by atoms with Crippen LogP contribution in [0.25, 0.3) is 0 Å². The molecular formula is C33H42ClF3N6O4S. The molecule has 5 heterocycles. The van der Waals surface area contributed by atoms with Gasteiger partial charge in [0, 0.05) is 57.3 Å². The summed E-state index contributed by atoms with van der Waals surface area (Å²) in [5.41, 5.74) is -0.0126. The highest BCUT2D eigenvalue weighted by atomic mass is 35.5. The Balaban J connectivity index is 1.14. The van der Waals surface area contributed by atoms with Gasteiger partial charge in [-0.2, -0.15) is 13.2 Å². The number of thiophene rings is 1. The summed E-state index contributed by atoms with van der Waals surface area (Å²) in [7, 11) is 1.36. The Labute approximate surface area is 287 Å². The molecule has 6 rings (SSSR count). The van der Waals surface area contributed by atoms with Gasteiger partial charge in [0.25, 0.3) is 5.91 Å². The van der Waals surface area contributed by atoms with E-state index in [0.717, 1.165) is 42.6 Å². The van der Waals surface area contributed by atoms with Crippen molar-refractivity contribution in [2.75, 3.05) is 56.9 Å². The summed E-state index contributed by atoms with van der Waals surface area (Å²) < 4.78 is 47.8. The number of piperidine rings is 3. The van der Waals surface area contributed by atoms with Crippen LogP contribution < -0.4 is 10.6 Å². The van der Waals surface area contributed by atoms with Crippen molar-refractivity contribution in [3.63, 3.8) is 0 Å². The SMILES string of the molecule is CNc1c(Cl)cc(C[C@@H](OC(=O)N2CCC(N3Cc4ccsc4NC3=O)CC2)C(=O)N2CCC(N3CCCCC3)CC2)cc1C(F)(F)F. The molecule has 0 aliphatic carbocycles. The van der Waals surface area contributed by atoms with Gasteiger partial charge in [0.05, 0.1) is 22.8 Å². The number of rotatable bonds is 7. The van der Waals surface area contributed by atoms with Crippen molar-refractivity contribution in [1.82, 2.24) is 19.6 Å². The smallest absolute Gasteiger partial charge is 0.418 e. The number of hydrogen-bond donors (Lipinski definition) is 2. The molecule has 3 fully saturated rings. The van der Waals surface area contributed by atoms with Crippen LogP contribution in [0.3, 0.4) is 0 Å². The van der Waals surface area contributed by atoms with E-state index in [0.29, 0.717) is 51.6 Å². The molecule has 3 saturated heterocycles. The third-order valence-corrected chi connectivity index (χ3v) is 11.2. The lowest BCUT2D eigenvalue weighted by Crippen LogP contribution is -2.53. The molecule has 4 aliphatic rings. The molecule has 0 spiro atoms. The number of nitrogens with zero attached hydrogens (tertiary/aromatic N) is 4. The number of fused-ring (bicyclic) bond motifs is 1. The fourth-order valence-electron chi connectivity index (χ4n) is 7.44. The largest absolute Gasteiger partial charge is 0.436 e. The number of urea groups is 1. The second-order valence-electron chi connectivity index (χ2n) is 13.0. The van der Waals surface area contributed by atoms with Crippen LogP contribution in [0.2, 0.25) is 5.02 Å². The number of amides is 4. The summed E-state index contributed by atoms with van der Waals surface area (Å²) in [6.07, 6.45) is -0.763. The number of hydrogen-bond acceptors (Lipinski definition) is 7. The van der Waals surface area contributed by atoms with Crippen LogP contribution in [0.5, 0.6) is 0 Å². The highest BCUT2D eigenvalue weighted by molar-refractivity contribution is 7.14. The Morgan fingerprint density at radius 3 is 2.35 bits per heavy atom. The Morgan fingerprint density at radius 2 is 1.69 bits per heavy atom. The van der Waals surface area contributed by atoms with Crippen molar-refractivity contribution < 1.29 is 32.3 Å². The van der Waals surface area contributed by atoms with E-state index in [-0.39, 0.29) is 34.8 Å². The number of benzene rings is 1. The molecular weight excluding hydrogens is 669 g/mol. The highest BCUT2D eigenvalue weighted by Gasteiger charge is 2.39. The van der Waals surface area contributed by atoms with Gasteiger partial charge in [0.15, 0.2) is 6.10 Å². The maximum absolute atomic E-state index is 14.0. The first-order valence-electron chi connectivity index (χ1n) is 16.7. The van der Waals surface area contributed by atoms with Crippen LogP contribution in [0.15, 0.2) is 23.6 Å². The monoisotopic (exact) mass is 710 g/mol. The molecule has 2 N–H and O–H groups in total. The second-order valence-corrected chi connectivity index (χ2v) is 14.4. The van der Waals surface area contributed by atoms with Gasteiger partial charge in [-0.25, -0.2) is 9.59 Å². The summed E-state index contributed by atoms with van der Waals surface area (Å²) >= 11 is 7.75. The molecule has 4 aliphatic heterocycles. The summed E-state index contributed by atoms with van der Waals surface area (Å²) in [4.78, 5) is 47.7. The summed E-state index contributed by atoms with van der Waals surface area (Å²) in [5, 5.41) is 8.10. The Morgan fingerprint density at radius 1 is 1.02 bits per heavy atom. The molecule has 48 heavy (non-hydrogen) atoms. The summed E-state index contributed by atoms with van der Waals surface area (Å²) in [6, 6.07) is 4.47. The summed E-state index contributed by atoms with van der Waals surface area (Å²) in [6.45, 7) is 4.20. The average molecular weight is 711 g/mol. The Hall–Kier alpha value is -3.23. The molecule has 0 saturated carbocycles. The van der Waals surface area contributed by atoms with Crippen molar-refractivity contribution in [3.8, 4) is 0 Å². The van der Waals surface area contributed by atoms with E-state index >= 15 is 0 Å². The van der Waals surface area contributed by atoms with Crippen LogP contribution in [-0.4, -0.2) is 102 Å². The zero-order valence-corrected chi connectivity index (χ0v) is 28.6. The van der Waals surface area contributed by atoms with Crippen molar-refractivity contribution in [2.24, 2.45) is 0 Å². The van der Waals surface area contributed by atoms with Gasteiger partial charge < -0.3 is 29.7 Å². The first kappa shape index (κ1) is 34.6. The number of carbonyl (C=O) groups is 3. The molecule has 1 aromatic heterocycles. The minimum absolute atomic E-state index is 0.0747. The van der Waals surface area contributed by atoms with Crippen molar-refractivity contribution in [1.29, 1.82) is 0 Å². The molecule has 2 aromatic rings. The number of carbonyl (C=O) groups excluding carboxylic acids is 3. The third-order valence-electron chi connectivity index (χ3n) is 10.1. The van der Waals surface area contributed by atoms with E-state index in [1.54, 1.807) is 9.80 Å². The topological polar surface area (TPSA) is 97.5 Å². The number of likely N-dealkylation sites (tertiary alicyclic amines) is 3. The number of anilines is 2. The lowest BCUT2D eigenvalue weighted by molar-refractivity contribution is -0.142. The predicted octanol–water partition coefficient (Wildman–Crippen LogP) is 6.50. The van der Waals surface area contributed by atoms with Crippen molar-refractivity contribution in [3.05, 3.63) is 45.3 Å².